The minimum absolute atomic E-state index is 0.104. The molecule has 0 saturated carbocycles. The quantitative estimate of drug-likeness (QED) is 0.609. The molecule has 0 saturated heterocycles. The maximum absolute atomic E-state index is 12.9. The Morgan fingerprint density at radius 1 is 1.03 bits per heavy atom. The smallest absolute Gasteiger partial charge is 0.212 e. The van der Waals surface area contributed by atoms with Gasteiger partial charge in [0, 0.05) is 23.7 Å². The van der Waals surface area contributed by atoms with Gasteiger partial charge in [-0.05, 0) is 24.1 Å². The fourth-order valence-corrected chi connectivity index (χ4v) is 5.26. The Bertz CT molecular complexity index is 1140. The number of hydrogen-bond acceptors (Lipinski definition) is 4. The summed E-state index contributed by atoms with van der Waals surface area (Å²) in [4.78, 5) is 12.9. The van der Waals surface area contributed by atoms with Crippen molar-refractivity contribution in [2.45, 2.75) is 24.5 Å². The summed E-state index contributed by atoms with van der Waals surface area (Å²) in [6.07, 6.45) is 0.506. The van der Waals surface area contributed by atoms with Crippen LogP contribution in [-0.4, -0.2) is 29.6 Å². The van der Waals surface area contributed by atoms with E-state index in [0.717, 1.165) is 5.69 Å². The first-order chi connectivity index (χ1) is 13.8. The molecule has 0 bridgehead atoms. The summed E-state index contributed by atoms with van der Waals surface area (Å²) in [5.74, 6) is -1.20. The first-order valence-electron chi connectivity index (χ1n) is 9.37. The summed E-state index contributed by atoms with van der Waals surface area (Å²) < 4.78 is 25.8. The molecule has 2 unspecified atom stereocenters. The maximum atomic E-state index is 12.9. The van der Waals surface area contributed by atoms with Gasteiger partial charge in [0.2, 0.25) is 15.8 Å². The van der Waals surface area contributed by atoms with Crippen LogP contribution in [0.3, 0.4) is 0 Å². The molecule has 7 heteroatoms. The number of benzene rings is 2. The number of hydrogen-bond donors (Lipinski definition) is 2. The molecule has 1 aliphatic heterocycles. The fraction of sp³-hybridized carbons (Fsp3) is 0.227. The number of primary sulfonamides is 1. The molecule has 1 aromatic heterocycles. The summed E-state index contributed by atoms with van der Waals surface area (Å²) >= 11 is 0. The second kappa shape index (κ2) is 7.26. The van der Waals surface area contributed by atoms with Crippen molar-refractivity contribution < 1.29 is 18.3 Å². The minimum Gasteiger partial charge on any atom is -0.383 e. The highest BCUT2D eigenvalue weighted by molar-refractivity contribution is 7.89. The largest absolute Gasteiger partial charge is 0.383 e. The number of sulfonamides is 1. The van der Waals surface area contributed by atoms with Gasteiger partial charge in [-0.15, -0.1) is 0 Å². The van der Waals surface area contributed by atoms with Crippen molar-refractivity contribution in [3.05, 3.63) is 95.3 Å². The van der Waals surface area contributed by atoms with Crippen molar-refractivity contribution in [1.82, 2.24) is 4.57 Å². The molecule has 29 heavy (non-hydrogen) atoms. The Balaban J connectivity index is 1.76. The van der Waals surface area contributed by atoms with Gasteiger partial charge in [0.15, 0.2) is 0 Å². The number of aromatic nitrogens is 1. The first kappa shape index (κ1) is 19.6. The second-order valence-corrected chi connectivity index (χ2v) is 9.04. The number of aliphatic hydroxyl groups is 1. The average Bonchev–Trinajstić information content (AvgIpc) is 3.30. The molecule has 6 nitrogen and oxygen atoms in total. The van der Waals surface area contributed by atoms with Gasteiger partial charge in [-0.1, -0.05) is 60.7 Å². The highest BCUT2D eigenvalue weighted by Crippen LogP contribution is 2.45. The van der Waals surface area contributed by atoms with Crippen molar-refractivity contribution >= 4 is 15.8 Å². The molecule has 2 atom stereocenters. The summed E-state index contributed by atoms with van der Waals surface area (Å²) in [7, 11) is -3.95. The first-order valence-corrected chi connectivity index (χ1v) is 11.1. The Morgan fingerprint density at radius 3 is 2.28 bits per heavy atom. The zero-order valence-electron chi connectivity index (χ0n) is 15.7. The number of fused-ring (bicyclic) bond motifs is 1. The van der Waals surface area contributed by atoms with Gasteiger partial charge in [-0.2, -0.15) is 0 Å². The molecule has 0 amide bonds. The third kappa shape index (κ3) is 3.64. The van der Waals surface area contributed by atoms with Gasteiger partial charge >= 0.3 is 0 Å². The van der Waals surface area contributed by atoms with E-state index in [4.69, 9.17) is 5.14 Å². The molecule has 1 aliphatic rings. The number of carbonyl (C=O) groups is 1. The van der Waals surface area contributed by atoms with Crippen LogP contribution in [0.25, 0.3) is 0 Å². The van der Waals surface area contributed by atoms with Crippen LogP contribution in [0.2, 0.25) is 0 Å². The van der Waals surface area contributed by atoms with Crippen molar-refractivity contribution in [1.29, 1.82) is 0 Å². The summed E-state index contributed by atoms with van der Waals surface area (Å²) in [6.45, 7) is 0.515. The van der Waals surface area contributed by atoms with Crippen LogP contribution in [0.5, 0.6) is 0 Å². The molecule has 2 heterocycles. The van der Waals surface area contributed by atoms with E-state index in [1.807, 2.05) is 22.8 Å². The van der Waals surface area contributed by atoms with Crippen molar-refractivity contribution in [3.8, 4) is 0 Å². The molecule has 2 aromatic carbocycles. The van der Waals surface area contributed by atoms with Crippen LogP contribution in [0, 0.1) is 0 Å². The highest BCUT2D eigenvalue weighted by atomic mass is 32.2. The lowest BCUT2D eigenvalue weighted by atomic mass is 9.80. The van der Waals surface area contributed by atoms with Crippen LogP contribution >= 0.6 is 0 Å². The second-order valence-electron chi connectivity index (χ2n) is 7.43. The Kier molecular flexibility index (Phi) is 4.90. The van der Waals surface area contributed by atoms with Crippen LogP contribution < -0.4 is 5.14 Å². The molecule has 0 aliphatic carbocycles. The van der Waals surface area contributed by atoms with Crippen LogP contribution in [0.1, 0.15) is 39.6 Å². The van der Waals surface area contributed by atoms with E-state index < -0.39 is 27.3 Å². The number of rotatable bonds is 6. The van der Waals surface area contributed by atoms with Crippen LogP contribution in [-0.2, 0) is 22.2 Å². The van der Waals surface area contributed by atoms with E-state index in [1.165, 1.54) is 0 Å². The third-order valence-electron chi connectivity index (χ3n) is 5.55. The molecule has 3 N–H and O–H groups in total. The fourth-order valence-electron chi connectivity index (χ4n) is 4.28. The lowest BCUT2D eigenvalue weighted by Crippen LogP contribution is -2.42. The normalized spacial score (nSPS) is 18.2. The molecular formula is C22H22N2O4S. The maximum Gasteiger partial charge on any atom is 0.212 e. The van der Waals surface area contributed by atoms with E-state index in [-0.39, 0.29) is 5.78 Å². The van der Waals surface area contributed by atoms with Gasteiger partial charge in [-0.25, -0.2) is 13.6 Å². The predicted molar refractivity (Wildman–Crippen MR) is 110 cm³/mol. The van der Waals surface area contributed by atoms with Gasteiger partial charge in [0.25, 0.3) is 0 Å². The highest BCUT2D eigenvalue weighted by Gasteiger charge is 2.46. The Morgan fingerprint density at radius 2 is 1.66 bits per heavy atom. The zero-order chi connectivity index (χ0) is 20.6. The standard InChI is InChI=1S/C22H22N2O4S/c23-29(27,28)15-22(26,17-9-5-2-6-10-17)18-13-14-24-19(18)11-12-20(24)21(25)16-7-3-1-4-8-16/h1-12,18,26H,13-15H2,(H2,23,27,28). The zero-order valence-corrected chi connectivity index (χ0v) is 16.5. The molecule has 0 radical (unpaired) electrons. The lowest BCUT2D eigenvalue weighted by Gasteiger charge is -2.33. The average molecular weight is 410 g/mol. The summed E-state index contributed by atoms with van der Waals surface area (Å²) in [5.41, 5.74) is 0.650. The molecule has 150 valence electrons. The molecule has 4 rings (SSSR count). The lowest BCUT2D eigenvalue weighted by molar-refractivity contribution is 0.0302. The van der Waals surface area contributed by atoms with E-state index in [2.05, 4.69) is 0 Å². The number of nitrogens with two attached hydrogens (primary N) is 1. The van der Waals surface area contributed by atoms with Crippen LogP contribution in [0.4, 0.5) is 0 Å². The summed E-state index contributed by atoms with van der Waals surface area (Å²) in [5, 5.41) is 16.9. The van der Waals surface area contributed by atoms with Crippen molar-refractivity contribution in [2.24, 2.45) is 5.14 Å². The van der Waals surface area contributed by atoms with E-state index in [0.29, 0.717) is 29.8 Å². The third-order valence-corrected chi connectivity index (χ3v) is 6.40. The topological polar surface area (TPSA) is 102 Å². The van der Waals surface area contributed by atoms with E-state index in [1.54, 1.807) is 54.6 Å². The number of ketones is 1. The number of carbonyl (C=O) groups excluding carboxylic acids is 1. The predicted octanol–water partition coefficient (Wildman–Crippen LogP) is 2.38. The van der Waals surface area contributed by atoms with E-state index >= 15 is 0 Å². The van der Waals surface area contributed by atoms with Gasteiger partial charge in [-0.3, -0.25) is 4.79 Å². The minimum atomic E-state index is -3.95. The monoisotopic (exact) mass is 410 g/mol. The number of nitrogens with zero attached hydrogens (tertiary/aromatic N) is 1. The Hall–Kier alpha value is -2.74. The van der Waals surface area contributed by atoms with Crippen molar-refractivity contribution in [2.75, 3.05) is 5.75 Å². The van der Waals surface area contributed by atoms with Gasteiger partial charge in [0.05, 0.1) is 11.4 Å². The van der Waals surface area contributed by atoms with Gasteiger partial charge in [0.1, 0.15) is 5.60 Å². The van der Waals surface area contributed by atoms with Gasteiger partial charge < -0.3 is 9.67 Å². The van der Waals surface area contributed by atoms with E-state index in [9.17, 15) is 18.3 Å². The van der Waals surface area contributed by atoms with Crippen molar-refractivity contribution in [3.63, 3.8) is 0 Å². The molecule has 0 fully saturated rings. The van der Waals surface area contributed by atoms with Crippen LogP contribution in [0.15, 0.2) is 72.8 Å². The molecule has 0 spiro atoms. The summed E-state index contributed by atoms with van der Waals surface area (Å²) in [6, 6.07) is 21.2. The Labute approximate surface area is 169 Å². The molecular weight excluding hydrogens is 388 g/mol. The molecule has 3 aromatic rings. The SMILES string of the molecule is NS(=O)(=O)CC(O)(c1ccccc1)C1CCn2c(C(=O)c3ccccc3)ccc21.